The van der Waals surface area contributed by atoms with Crippen molar-refractivity contribution < 1.29 is 0 Å². The minimum absolute atomic E-state index is 0.228. The molecule has 102 valence electrons. The van der Waals surface area contributed by atoms with Crippen LogP contribution in [0.1, 0.15) is 19.3 Å². The summed E-state index contributed by atoms with van der Waals surface area (Å²) < 4.78 is 1.27. The van der Waals surface area contributed by atoms with E-state index in [0.717, 1.165) is 23.7 Å². The van der Waals surface area contributed by atoms with E-state index in [1.807, 2.05) is 0 Å². The maximum atomic E-state index is 11.9. The molecule has 1 aromatic rings. The molecule has 1 heterocycles. The zero-order chi connectivity index (χ0) is 13.3. The van der Waals surface area contributed by atoms with Crippen LogP contribution < -0.4 is 22.3 Å². The van der Waals surface area contributed by atoms with Gasteiger partial charge in [0.05, 0.1) is 0 Å². The van der Waals surface area contributed by atoms with Gasteiger partial charge < -0.3 is 11.1 Å². The average Bonchev–Trinajstić information content (AvgIpc) is 2.77. The molecule has 4 rings (SSSR count). The highest BCUT2D eigenvalue weighted by atomic mass is 16.2. The summed E-state index contributed by atoms with van der Waals surface area (Å²) in [6.07, 6.45) is 4.04. The molecule has 3 aliphatic carbocycles. The van der Waals surface area contributed by atoms with Crippen molar-refractivity contribution >= 4 is 11.5 Å². The lowest BCUT2D eigenvalue weighted by atomic mass is 10.0. The van der Waals surface area contributed by atoms with E-state index in [1.165, 1.54) is 23.8 Å². The van der Waals surface area contributed by atoms with Crippen molar-refractivity contribution in [1.82, 2.24) is 9.55 Å². The van der Waals surface area contributed by atoms with Crippen LogP contribution in [0.4, 0.5) is 11.5 Å². The molecule has 6 nitrogen and oxygen atoms in total. The van der Waals surface area contributed by atoms with Crippen molar-refractivity contribution in [3.05, 3.63) is 20.8 Å². The maximum absolute atomic E-state index is 11.9. The summed E-state index contributed by atoms with van der Waals surface area (Å²) >= 11 is 0. The van der Waals surface area contributed by atoms with E-state index in [4.69, 9.17) is 5.73 Å². The first-order valence-electron chi connectivity index (χ1n) is 6.93. The van der Waals surface area contributed by atoms with Crippen molar-refractivity contribution in [2.75, 3.05) is 11.1 Å². The van der Waals surface area contributed by atoms with Crippen molar-refractivity contribution in [3.8, 4) is 0 Å². The van der Waals surface area contributed by atoms with Gasteiger partial charge in [-0.1, -0.05) is 0 Å². The SMILES string of the molecule is Cn1c(N)c(NC2C3C4CCC(C4)C23)c(=O)[nH]c1=O. The quantitative estimate of drug-likeness (QED) is 0.705. The molecule has 3 fully saturated rings. The predicted molar refractivity (Wildman–Crippen MR) is 71.9 cm³/mol. The van der Waals surface area contributed by atoms with Crippen LogP contribution in [0.2, 0.25) is 0 Å². The Morgan fingerprint density at radius 3 is 2.53 bits per heavy atom. The summed E-state index contributed by atoms with van der Waals surface area (Å²) in [5.41, 5.74) is 5.36. The molecule has 4 unspecified atom stereocenters. The van der Waals surface area contributed by atoms with Crippen molar-refractivity contribution in [2.24, 2.45) is 30.7 Å². The molecule has 0 spiro atoms. The summed E-state index contributed by atoms with van der Waals surface area (Å²) in [7, 11) is 1.57. The lowest BCUT2D eigenvalue weighted by Gasteiger charge is -2.14. The van der Waals surface area contributed by atoms with Crippen LogP contribution in [-0.4, -0.2) is 15.6 Å². The Hall–Kier alpha value is -1.72. The fraction of sp³-hybridized carbons (Fsp3) is 0.692. The Balaban J connectivity index is 1.64. The zero-order valence-electron chi connectivity index (χ0n) is 10.8. The molecule has 0 aliphatic heterocycles. The number of rotatable bonds is 2. The number of hydrogen-bond donors (Lipinski definition) is 3. The Labute approximate surface area is 110 Å². The molecule has 2 bridgehead atoms. The van der Waals surface area contributed by atoms with E-state index in [-0.39, 0.29) is 5.82 Å². The smallest absolute Gasteiger partial charge is 0.329 e. The van der Waals surface area contributed by atoms with Gasteiger partial charge in [0.1, 0.15) is 11.5 Å². The van der Waals surface area contributed by atoms with Gasteiger partial charge in [0.25, 0.3) is 5.56 Å². The second kappa shape index (κ2) is 3.43. The van der Waals surface area contributed by atoms with Gasteiger partial charge in [0, 0.05) is 13.1 Å². The van der Waals surface area contributed by atoms with E-state index in [1.54, 1.807) is 7.05 Å². The third kappa shape index (κ3) is 1.37. The minimum atomic E-state index is -0.468. The average molecular weight is 262 g/mol. The fourth-order valence-corrected chi connectivity index (χ4v) is 4.46. The van der Waals surface area contributed by atoms with Crippen LogP contribution in [0.25, 0.3) is 0 Å². The predicted octanol–water partition coefficient (Wildman–Crippen LogP) is 0.112. The Bertz CT molecular complexity index is 646. The van der Waals surface area contributed by atoms with Crippen LogP contribution in [0.5, 0.6) is 0 Å². The van der Waals surface area contributed by atoms with Crippen LogP contribution in [0.3, 0.4) is 0 Å². The molecule has 6 heteroatoms. The third-order valence-corrected chi connectivity index (χ3v) is 5.42. The molecule has 4 atom stereocenters. The molecule has 0 amide bonds. The highest BCUT2D eigenvalue weighted by molar-refractivity contribution is 5.62. The number of nitrogens with zero attached hydrogens (tertiary/aromatic N) is 1. The van der Waals surface area contributed by atoms with E-state index in [9.17, 15) is 9.59 Å². The normalized spacial score (nSPS) is 38.3. The van der Waals surface area contributed by atoms with Gasteiger partial charge in [0.2, 0.25) is 0 Å². The number of nitrogens with one attached hydrogen (secondary N) is 2. The first-order valence-corrected chi connectivity index (χ1v) is 6.93. The number of H-pyrrole nitrogens is 1. The lowest BCUT2D eigenvalue weighted by Crippen LogP contribution is -2.33. The Morgan fingerprint density at radius 1 is 1.26 bits per heavy atom. The molecular weight excluding hydrogens is 244 g/mol. The van der Waals surface area contributed by atoms with Gasteiger partial charge in [-0.3, -0.25) is 14.3 Å². The minimum Gasteiger partial charge on any atom is -0.383 e. The molecule has 3 aliphatic rings. The molecule has 0 radical (unpaired) electrons. The molecule has 0 saturated heterocycles. The van der Waals surface area contributed by atoms with Gasteiger partial charge in [0.15, 0.2) is 0 Å². The standard InChI is InChI=1S/C13H18N4O2/c1-17-11(14)10(12(18)16-13(17)19)15-9-7-5-2-3-6(4-5)8(7)9/h5-9,15H,2-4,14H2,1H3,(H,16,18,19). The molecule has 19 heavy (non-hydrogen) atoms. The van der Waals surface area contributed by atoms with Gasteiger partial charge in [-0.2, -0.15) is 0 Å². The summed E-state index contributed by atoms with van der Waals surface area (Å²) in [4.78, 5) is 25.6. The number of aromatic amines is 1. The van der Waals surface area contributed by atoms with Gasteiger partial charge >= 0.3 is 5.69 Å². The number of nitrogens with two attached hydrogens (primary N) is 1. The molecular formula is C13H18N4O2. The highest BCUT2D eigenvalue weighted by Gasteiger charge is 2.65. The van der Waals surface area contributed by atoms with Crippen LogP contribution in [0.15, 0.2) is 9.59 Å². The number of nitrogen functional groups attached to an aromatic ring is 1. The van der Waals surface area contributed by atoms with Crippen LogP contribution >= 0.6 is 0 Å². The largest absolute Gasteiger partial charge is 0.383 e. The van der Waals surface area contributed by atoms with Crippen LogP contribution in [-0.2, 0) is 7.05 Å². The van der Waals surface area contributed by atoms with Gasteiger partial charge in [-0.15, -0.1) is 0 Å². The summed E-state index contributed by atoms with van der Waals surface area (Å²) in [6.45, 7) is 0. The molecule has 1 aromatic heterocycles. The van der Waals surface area contributed by atoms with E-state index in [0.29, 0.717) is 11.7 Å². The van der Waals surface area contributed by atoms with Crippen molar-refractivity contribution in [2.45, 2.75) is 25.3 Å². The Morgan fingerprint density at radius 2 is 1.89 bits per heavy atom. The Kier molecular flexibility index (Phi) is 2.01. The van der Waals surface area contributed by atoms with E-state index < -0.39 is 11.2 Å². The molecule has 0 aromatic carbocycles. The zero-order valence-corrected chi connectivity index (χ0v) is 10.8. The van der Waals surface area contributed by atoms with Crippen molar-refractivity contribution in [1.29, 1.82) is 0 Å². The summed E-state index contributed by atoms with van der Waals surface area (Å²) in [5.74, 6) is 3.33. The summed E-state index contributed by atoms with van der Waals surface area (Å²) in [5, 5.41) is 3.29. The van der Waals surface area contributed by atoms with Gasteiger partial charge in [-0.25, -0.2) is 4.79 Å². The molecule has 3 saturated carbocycles. The first kappa shape index (κ1) is 11.1. The monoisotopic (exact) mass is 262 g/mol. The third-order valence-electron chi connectivity index (χ3n) is 5.42. The number of anilines is 2. The second-order valence-electron chi connectivity index (χ2n) is 6.24. The number of hydrogen-bond acceptors (Lipinski definition) is 4. The van der Waals surface area contributed by atoms with E-state index in [2.05, 4.69) is 10.3 Å². The molecule has 4 N–H and O–H groups in total. The van der Waals surface area contributed by atoms with Crippen molar-refractivity contribution in [3.63, 3.8) is 0 Å². The second-order valence-corrected chi connectivity index (χ2v) is 6.24. The fourth-order valence-electron chi connectivity index (χ4n) is 4.46. The number of fused-ring (bicyclic) bond motifs is 5. The van der Waals surface area contributed by atoms with E-state index >= 15 is 0 Å². The highest BCUT2D eigenvalue weighted by Crippen LogP contribution is 2.66. The lowest BCUT2D eigenvalue weighted by molar-refractivity contribution is 0.456. The van der Waals surface area contributed by atoms with Crippen LogP contribution in [0, 0.1) is 23.7 Å². The topological polar surface area (TPSA) is 92.9 Å². The number of aromatic nitrogens is 2. The first-order chi connectivity index (χ1) is 9.08. The summed E-state index contributed by atoms with van der Waals surface area (Å²) in [6, 6.07) is 0.382. The van der Waals surface area contributed by atoms with Gasteiger partial charge in [-0.05, 0) is 42.9 Å². The maximum Gasteiger partial charge on any atom is 0.329 e.